The Kier molecular flexibility index (Phi) is 3.74. The molecule has 4 heteroatoms. The number of halogens is 1. The second kappa shape index (κ2) is 3.89. The Labute approximate surface area is 45.8 Å². The lowest BCUT2D eigenvalue weighted by molar-refractivity contribution is -0.233. The van der Waals surface area contributed by atoms with Gasteiger partial charge in [-0.05, 0) is 0 Å². The fourth-order valence-corrected chi connectivity index (χ4v) is 0.277. The van der Waals surface area contributed by atoms with Crippen LogP contribution < -0.4 is 0 Å². The molecule has 42 valence electrons. The Morgan fingerprint density at radius 3 is 2.57 bits per heavy atom. The van der Waals surface area contributed by atoms with Crippen LogP contribution in [0.1, 0.15) is 6.42 Å². The highest BCUT2D eigenvalue weighted by Gasteiger charge is 1.96. The molecule has 0 unspecified atom stereocenters. The molecule has 0 fully saturated rings. The van der Waals surface area contributed by atoms with Crippen molar-refractivity contribution in [1.82, 2.24) is 0 Å². The van der Waals surface area contributed by atoms with Gasteiger partial charge in [0.05, 0.1) is 6.42 Å². The van der Waals surface area contributed by atoms with Crippen molar-refractivity contribution in [2.75, 3.05) is 5.88 Å². The van der Waals surface area contributed by atoms with E-state index in [9.17, 15) is 4.79 Å². The minimum Gasteiger partial charge on any atom is -0.301 e. The van der Waals surface area contributed by atoms with Crippen LogP contribution in [0.5, 0.6) is 0 Å². The summed E-state index contributed by atoms with van der Waals surface area (Å²) in [5.74, 6) is -0.519. The molecule has 0 rings (SSSR count). The predicted octanol–water partition coefficient (Wildman–Crippen LogP) is 0.631. The maximum Gasteiger partial charge on any atom is 0.343 e. The van der Waals surface area contributed by atoms with E-state index in [0.29, 0.717) is 0 Å². The van der Waals surface area contributed by atoms with Gasteiger partial charge in [-0.2, -0.15) is 5.26 Å². The molecular formula is C3H5ClO3. The number of rotatable bonds is 2. The van der Waals surface area contributed by atoms with Crippen molar-refractivity contribution in [1.29, 1.82) is 0 Å². The molecule has 0 aliphatic carbocycles. The summed E-state index contributed by atoms with van der Waals surface area (Å²) in [6.45, 7) is 0. The van der Waals surface area contributed by atoms with E-state index in [4.69, 9.17) is 16.9 Å². The van der Waals surface area contributed by atoms with Crippen LogP contribution in [0.15, 0.2) is 0 Å². The number of carbonyl (C=O) groups is 1. The summed E-state index contributed by atoms with van der Waals surface area (Å²) in [5, 5.41) is 7.56. The largest absolute Gasteiger partial charge is 0.343 e. The van der Waals surface area contributed by atoms with Crippen LogP contribution in [0.25, 0.3) is 0 Å². The minimum atomic E-state index is -0.699. The second-order valence-corrected chi connectivity index (χ2v) is 1.28. The van der Waals surface area contributed by atoms with E-state index in [1.165, 1.54) is 0 Å². The van der Waals surface area contributed by atoms with E-state index in [1.54, 1.807) is 0 Å². The molecule has 0 amide bonds. The van der Waals surface area contributed by atoms with Crippen molar-refractivity contribution in [3.8, 4) is 0 Å². The van der Waals surface area contributed by atoms with E-state index >= 15 is 0 Å². The Morgan fingerprint density at radius 1 is 1.86 bits per heavy atom. The lowest BCUT2D eigenvalue weighted by Gasteiger charge is -1.86. The fourth-order valence-electron chi connectivity index (χ4n) is 0.123. The summed E-state index contributed by atoms with van der Waals surface area (Å²) in [6.07, 6.45) is 0.0536. The molecule has 0 radical (unpaired) electrons. The highest BCUT2D eigenvalue weighted by molar-refractivity contribution is 6.18. The summed E-state index contributed by atoms with van der Waals surface area (Å²) in [6, 6.07) is 0. The zero-order valence-corrected chi connectivity index (χ0v) is 4.31. The summed E-state index contributed by atoms with van der Waals surface area (Å²) in [5.41, 5.74) is 0. The SMILES string of the molecule is O=C(CCCl)OO. The second-order valence-electron chi connectivity index (χ2n) is 0.902. The molecule has 0 saturated carbocycles. The fraction of sp³-hybridized carbons (Fsp3) is 0.667. The van der Waals surface area contributed by atoms with Gasteiger partial charge in [0.1, 0.15) is 0 Å². The first kappa shape index (κ1) is 6.72. The van der Waals surface area contributed by atoms with Crippen LogP contribution in [0.2, 0.25) is 0 Å². The zero-order chi connectivity index (χ0) is 5.70. The molecule has 0 aromatic carbocycles. The van der Waals surface area contributed by atoms with Crippen LogP contribution in [-0.2, 0) is 9.68 Å². The molecule has 0 atom stereocenters. The number of hydrogen-bond donors (Lipinski definition) is 1. The Morgan fingerprint density at radius 2 is 2.43 bits per heavy atom. The van der Waals surface area contributed by atoms with Gasteiger partial charge in [0, 0.05) is 5.88 Å². The van der Waals surface area contributed by atoms with Crippen molar-refractivity contribution < 1.29 is 14.9 Å². The first-order chi connectivity index (χ1) is 3.31. The molecule has 0 aromatic heterocycles. The van der Waals surface area contributed by atoms with Crippen LogP contribution in [0, 0.1) is 0 Å². The molecule has 3 nitrogen and oxygen atoms in total. The van der Waals surface area contributed by atoms with Crippen molar-refractivity contribution in [2.24, 2.45) is 0 Å². The summed E-state index contributed by atoms with van der Waals surface area (Å²) in [7, 11) is 0. The highest BCUT2D eigenvalue weighted by Crippen LogP contribution is 1.85. The molecule has 0 aliphatic rings. The van der Waals surface area contributed by atoms with Gasteiger partial charge in [0.15, 0.2) is 0 Å². The summed E-state index contributed by atoms with van der Waals surface area (Å²) < 4.78 is 0. The molecule has 1 N–H and O–H groups in total. The number of hydrogen-bond acceptors (Lipinski definition) is 3. The monoisotopic (exact) mass is 124 g/mol. The maximum atomic E-state index is 9.86. The van der Waals surface area contributed by atoms with Gasteiger partial charge in [0.2, 0.25) is 0 Å². The minimum absolute atomic E-state index is 0.0536. The van der Waals surface area contributed by atoms with Gasteiger partial charge in [-0.15, -0.1) is 11.6 Å². The van der Waals surface area contributed by atoms with Crippen molar-refractivity contribution in [3.63, 3.8) is 0 Å². The van der Waals surface area contributed by atoms with E-state index in [2.05, 4.69) is 4.89 Å². The average Bonchev–Trinajstić information content (AvgIpc) is 1.68. The number of alkyl halides is 1. The third kappa shape index (κ3) is 3.55. The number of carbonyl (C=O) groups excluding carboxylic acids is 1. The predicted molar refractivity (Wildman–Crippen MR) is 24.1 cm³/mol. The Balaban J connectivity index is 3.00. The average molecular weight is 125 g/mol. The normalized spacial score (nSPS) is 8.29. The van der Waals surface area contributed by atoms with Gasteiger partial charge in [-0.1, -0.05) is 0 Å². The van der Waals surface area contributed by atoms with Crippen LogP contribution in [-0.4, -0.2) is 17.1 Å². The lowest BCUT2D eigenvalue weighted by atomic mass is 10.5. The topological polar surface area (TPSA) is 46.5 Å². The molecule has 0 spiro atoms. The molecule has 0 saturated heterocycles. The lowest BCUT2D eigenvalue weighted by Crippen LogP contribution is -1.99. The zero-order valence-electron chi connectivity index (χ0n) is 3.56. The van der Waals surface area contributed by atoms with Crippen LogP contribution in [0.3, 0.4) is 0 Å². The van der Waals surface area contributed by atoms with Gasteiger partial charge < -0.3 is 4.89 Å². The van der Waals surface area contributed by atoms with E-state index < -0.39 is 5.97 Å². The van der Waals surface area contributed by atoms with E-state index in [-0.39, 0.29) is 12.3 Å². The van der Waals surface area contributed by atoms with Crippen LogP contribution in [0.4, 0.5) is 0 Å². The van der Waals surface area contributed by atoms with Crippen LogP contribution >= 0.6 is 11.6 Å². The van der Waals surface area contributed by atoms with Crippen molar-refractivity contribution >= 4 is 17.6 Å². The molecule has 7 heavy (non-hydrogen) atoms. The van der Waals surface area contributed by atoms with Gasteiger partial charge in [0.25, 0.3) is 0 Å². The standard InChI is InChI=1S/C3H5ClO3/c4-2-1-3(5)7-6/h6H,1-2H2. The first-order valence-corrected chi connectivity index (χ1v) is 2.25. The van der Waals surface area contributed by atoms with Gasteiger partial charge in [-0.25, -0.2) is 4.79 Å². The van der Waals surface area contributed by atoms with E-state index in [1.807, 2.05) is 0 Å². The van der Waals surface area contributed by atoms with Crippen molar-refractivity contribution in [3.05, 3.63) is 0 Å². The first-order valence-electron chi connectivity index (χ1n) is 1.71. The Hall–Kier alpha value is -0.280. The highest BCUT2D eigenvalue weighted by atomic mass is 35.5. The van der Waals surface area contributed by atoms with Gasteiger partial charge >= 0.3 is 5.97 Å². The molecule has 0 aliphatic heterocycles. The molecule has 0 heterocycles. The summed E-state index contributed by atoms with van der Waals surface area (Å²) >= 11 is 5.06. The third-order valence-electron chi connectivity index (χ3n) is 0.400. The van der Waals surface area contributed by atoms with E-state index in [0.717, 1.165) is 0 Å². The Bertz CT molecular complexity index is 63.2. The smallest absolute Gasteiger partial charge is 0.301 e. The quantitative estimate of drug-likeness (QED) is 0.334. The molecule has 0 bridgehead atoms. The van der Waals surface area contributed by atoms with Crippen molar-refractivity contribution in [2.45, 2.75) is 6.42 Å². The van der Waals surface area contributed by atoms with Gasteiger partial charge in [-0.3, -0.25) is 0 Å². The molecular weight excluding hydrogens is 119 g/mol. The molecule has 0 aromatic rings. The summed E-state index contributed by atoms with van der Waals surface area (Å²) in [4.78, 5) is 13.1. The third-order valence-corrected chi connectivity index (χ3v) is 0.589. The maximum absolute atomic E-state index is 9.86.